The number of para-hydroxylation sites is 2. The molecule has 2 N–H and O–H groups in total. The van der Waals surface area contributed by atoms with Crippen molar-refractivity contribution < 1.29 is 66.6 Å². The van der Waals surface area contributed by atoms with Gasteiger partial charge in [-0.15, -0.1) is 0 Å². The first-order valence-electron chi connectivity index (χ1n) is 24.2. The molecule has 352 valence electrons. The molecule has 0 aliphatic heterocycles. The Bertz CT molecular complexity index is 2690. The molecular formula is C62H64Cl2Hf2N2Si2. The van der Waals surface area contributed by atoms with Gasteiger partial charge >= 0.3 is 428 Å². The van der Waals surface area contributed by atoms with Crippen LogP contribution in [0.5, 0.6) is 0 Å². The molecule has 0 radical (unpaired) electrons. The molecular weight excluding hydrogens is 1260 g/mol. The molecule has 2 aliphatic carbocycles. The first kappa shape index (κ1) is 53.4. The summed E-state index contributed by atoms with van der Waals surface area (Å²) in [6, 6.07) is 81.6. The molecule has 2 atom stereocenters. The second-order valence-corrected chi connectivity index (χ2v) is 60.0. The van der Waals surface area contributed by atoms with Crippen LogP contribution in [0.15, 0.2) is 231 Å². The third-order valence-corrected chi connectivity index (χ3v) is 67.4. The van der Waals surface area contributed by atoms with Gasteiger partial charge in [-0.1, -0.05) is 0 Å². The summed E-state index contributed by atoms with van der Waals surface area (Å²) >= 11 is -5.26. The minimum absolute atomic E-state index is 0. The number of anilines is 2. The molecule has 8 aromatic rings. The molecule has 0 saturated heterocycles. The number of hydrogen-bond donors (Lipinski definition) is 2. The van der Waals surface area contributed by atoms with Gasteiger partial charge in [-0.3, -0.25) is 0 Å². The minimum atomic E-state index is -2.63. The van der Waals surface area contributed by atoms with Gasteiger partial charge in [0.2, 0.25) is 0 Å². The molecule has 10 rings (SSSR count). The first-order valence-corrected chi connectivity index (χ1v) is 47.9. The summed E-state index contributed by atoms with van der Waals surface area (Å²) in [6.07, 6.45) is 9.77. The minimum Gasteiger partial charge on any atom is -1.00 e. The maximum atomic E-state index is 4.36. The average molecular weight is 1320 g/mol. The zero-order valence-corrected chi connectivity index (χ0v) is 52.2. The van der Waals surface area contributed by atoms with Crippen LogP contribution in [0.2, 0.25) is 0 Å². The zero-order chi connectivity index (χ0) is 47.1. The van der Waals surface area contributed by atoms with Crippen LogP contribution in [0.4, 0.5) is 11.4 Å². The van der Waals surface area contributed by atoms with E-state index in [1.54, 1.807) is 20.7 Å². The van der Waals surface area contributed by atoms with Crippen LogP contribution in [0.1, 0.15) is 82.3 Å². The van der Waals surface area contributed by atoms with Crippen molar-refractivity contribution in [3.05, 3.63) is 264 Å². The van der Waals surface area contributed by atoms with E-state index < -0.39 is 53.8 Å². The predicted molar refractivity (Wildman–Crippen MR) is 293 cm³/mol. The van der Waals surface area contributed by atoms with Gasteiger partial charge in [-0.05, 0) is 0 Å². The summed E-state index contributed by atoms with van der Waals surface area (Å²) in [5.41, 5.74) is 11.6. The number of allylic oxidation sites excluding steroid dienone is 2. The maximum absolute atomic E-state index is 4.36. The Labute approximate surface area is 448 Å². The van der Waals surface area contributed by atoms with E-state index in [1.807, 2.05) is 0 Å². The molecule has 0 aromatic heterocycles. The zero-order valence-electron chi connectivity index (χ0n) is 41.2. The van der Waals surface area contributed by atoms with E-state index in [1.165, 1.54) is 44.8 Å². The van der Waals surface area contributed by atoms with Crippen molar-refractivity contribution >= 4 is 56.2 Å². The number of rotatable bonds is 12. The summed E-state index contributed by atoms with van der Waals surface area (Å²) in [5, 5.41) is 6.26. The van der Waals surface area contributed by atoms with Crippen LogP contribution in [0.3, 0.4) is 0 Å². The Morgan fingerprint density at radius 1 is 0.343 bits per heavy atom. The Balaban J connectivity index is 0.000000201. The standard InChI is InChI=1S/2C12H11Si.2C10H14N.2C9H7.2ClH.2Hf/c2*1-3-7-11(8-4-1)13-12-9-5-2-6-10-12;2*1-10(2,3)8-6-4-5-7-9(8)11;2*1-2-5-9-7-3-6-8(9)4-1;;;;/h2*1-10,13H;2*4-7,11H,1-3H3;2*1-7H;2*1H;;/q;;2*-1;;;;;2*+2/p-2. The molecule has 2 aliphatic rings. The van der Waals surface area contributed by atoms with Gasteiger partial charge in [-0.25, -0.2) is 0 Å². The van der Waals surface area contributed by atoms with E-state index in [0.717, 1.165) is 0 Å². The van der Waals surface area contributed by atoms with Crippen molar-refractivity contribution in [1.82, 2.24) is 0 Å². The van der Waals surface area contributed by atoms with Crippen molar-refractivity contribution in [1.29, 1.82) is 0 Å². The largest absolute Gasteiger partial charge is 1.00 e. The fourth-order valence-electron chi connectivity index (χ4n) is 10.2. The van der Waals surface area contributed by atoms with Gasteiger partial charge in [-0.2, -0.15) is 0 Å². The molecule has 8 aromatic carbocycles. The van der Waals surface area contributed by atoms with Crippen molar-refractivity contribution in [3.8, 4) is 0 Å². The third kappa shape index (κ3) is 12.4. The van der Waals surface area contributed by atoms with Gasteiger partial charge in [0.15, 0.2) is 0 Å². The Kier molecular flexibility index (Phi) is 18.6. The van der Waals surface area contributed by atoms with Gasteiger partial charge in [0.05, 0.1) is 0 Å². The molecule has 2 unspecified atom stereocenters. The number of halogens is 2. The number of nitrogens with one attached hydrogen (secondary N) is 2. The molecule has 0 bridgehead atoms. The molecule has 0 heterocycles. The van der Waals surface area contributed by atoms with E-state index in [0.29, 0.717) is 7.35 Å². The normalized spacial score (nSPS) is 14.3. The third-order valence-electron chi connectivity index (χ3n) is 13.5. The second-order valence-electron chi connectivity index (χ2n) is 20.2. The van der Waals surface area contributed by atoms with Crippen LogP contribution in [-0.4, -0.2) is 12.0 Å². The van der Waals surface area contributed by atoms with E-state index in [9.17, 15) is 0 Å². The molecule has 70 heavy (non-hydrogen) atoms. The monoisotopic (exact) mass is 1320 g/mol. The van der Waals surface area contributed by atoms with E-state index in [2.05, 4.69) is 291 Å². The maximum Gasteiger partial charge on any atom is -1.00 e. The van der Waals surface area contributed by atoms with E-state index in [4.69, 9.17) is 0 Å². The first-order chi connectivity index (χ1) is 33.0. The molecule has 0 saturated carbocycles. The summed E-state index contributed by atoms with van der Waals surface area (Å²) in [6.45, 7) is 14.0. The van der Waals surface area contributed by atoms with Crippen LogP contribution < -0.4 is 52.2 Å². The van der Waals surface area contributed by atoms with Gasteiger partial charge in [0, 0.05) is 0 Å². The van der Waals surface area contributed by atoms with Crippen molar-refractivity contribution in [2.24, 2.45) is 0 Å². The smallest absolute Gasteiger partial charge is 1.00 e. The molecule has 0 fully saturated rings. The molecule has 8 heteroatoms. The fourth-order valence-corrected chi connectivity index (χ4v) is 69.2. The van der Waals surface area contributed by atoms with Crippen molar-refractivity contribution in [3.63, 3.8) is 0 Å². The average Bonchev–Trinajstić information content (AvgIpc) is 4.00. The molecule has 0 spiro atoms. The Morgan fingerprint density at radius 3 is 0.929 bits per heavy atom. The van der Waals surface area contributed by atoms with E-state index >= 15 is 0 Å². The van der Waals surface area contributed by atoms with Crippen LogP contribution >= 0.6 is 0 Å². The quantitative estimate of drug-likeness (QED) is 0.137. The summed E-state index contributed by atoms with van der Waals surface area (Å²) in [4.78, 5) is 0. The van der Waals surface area contributed by atoms with Gasteiger partial charge in [0.1, 0.15) is 0 Å². The molecule has 0 amide bonds. The fraction of sp³-hybridized carbons (Fsp3) is 0.161. The number of hydrogen-bond acceptors (Lipinski definition) is 2. The van der Waals surface area contributed by atoms with Crippen molar-refractivity contribution in [2.45, 2.75) is 59.7 Å². The topological polar surface area (TPSA) is 24.1 Å². The van der Waals surface area contributed by atoms with Crippen LogP contribution in [-0.2, 0) is 52.6 Å². The summed E-state index contributed by atoms with van der Waals surface area (Å²) < 4.78 is 9.78. The summed E-state index contributed by atoms with van der Waals surface area (Å²) in [7, 11) is 0. The van der Waals surface area contributed by atoms with Gasteiger partial charge < -0.3 is 24.8 Å². The van der Waals surface area contributed by atoms with Crippen LogP contribution in [0.25, 0.3) is 12.2 Å². The Morgan fingerprint density at radius 2 is 0.614 bits per heavy atom. The molecule has 2 nitrogen and oxygen atoms in total. The predicted octanol–water partition coefficient (Wildman–Crippen LogP) is 6.48. The second kappa shape index (κ2) is 24.3. The SMILES string of the molecule is CC(C)(C)c1ccccc1[NH][Hf+]([CH]1C=Cc2ccccc21)[SiH](c1ccccc1)c1ccccc1.CC(C)(C)c1ccccc1[NH][Hf+]([CH]1C=Cc2ccccc21)[SiH](c1ccccc1)c1ccccc1.[Cl-].[Cl-]. The van der Waals surface area contributed by atoms with Crippen LogP contribution in [0, 0.1) is 0 Å². The van der Waals surface area contributed by atoms with E-state index in [-0.39, 0.29) is 35.6 Å². The number of benzene rings is 8. The van der Waals surface area contributed by atoms with Crippen molar-refractivity contribution in [2.75, 3.05) is 6.61 Å². The number of fused-ring (bicyclic) bond motifs is 2. The Hall–Kier alpha value is -4.41. The van der Waals surface area contributed by atoms with Gasteiger partial charge in [0.25, 0.3) is 0 Å². The summed E-state index contributed by atoms with van der Waals surface area (Å²) in [5.74, 6) is -2.94.